The van der Waals surface area contributed by atoms with Crippen LogP contribution in [0.3, 0.4) is 0 Å². The Hall–Kier alpha value is -3.82. The highest BCUT2D eigenvalue weighted by atomic mass is 35.5. The van der Waals surface area contributed by atoms with Gasteiger partial charge in [0.15, 0.2) is 17.6 Å². The maximum atomic E-state index is 13.2. The Morgan fingerprint density at radius 2 is 2.11 bits per heavy atom. The van der Waals surface area contributed by atoms with Crippen molar-refractivity contribution in [3.8, 4) is 23.3 Å². The number of nitrogens with zero attached hydrogens (tertiary/aromatic N) is 6. The molecule has 0 radical (unpaired) electrons. The molecule has 1 fully saturated rings. The summed E-state index contributed by atoms with van der Waals surface area (Å²) < 4.78 is 6.13. The Kier molecular flexibility index (Phi) is 6.67. The van der Waals surface area contributed by atoms with E-state index < -0.39 is 18.1 Å². The Balaban J connectivity index is 1.50. The first kappa shape index (κ1) is 23.9. The molecule has 5 rings (SSSR count). The fraction of sp³-hybridized carbons (Fsp3) is 0.217. The van der Waals surface area contributed by atoms with Crippen LogP contribution in [0.2, 0.25) is 10.0 Å². The smallest absolute Gasteiger partial charge is 0.268 e. The average molecular weight is 525 g/mol. The monoisotopic (exact) mass is 524 g/mol. The maximum Gasteiger partial charge on any atom is 0.268 e. The number of H-pyrrole nitrogens is 1. The molecule has 13 heteroatoms. The lowest BCUT2D eigenvalue weighted by molar-refractivity contribution is -0.125. The zero-order valence-electron chi connectivity index (χ0n) is 18.5. The van der Waals surface area contributed by atoms with Gasteiger partial charge in [-0.05, 0) is 24.3 Å². The number of nitriles is 1. The topological polar surface area (TPSA) is 153 Å². The van der Waals surface area contributed by atoms with Gasteiger partial charge in [0.05, 0.1) is 39.5 Å². The number of aromatic amines is 1. The second-order valence-corrected chi connectivity index (χ2v) is 8.93. The summed E-state index contributed by atoms with van der Waals surface area (Å²) in [5.74, 6) is 0.0475. The van der Waals surface area contributed by atoms with E-state index in [4.69, 9.17) is 27.9 Å². The molecule has 1 aromatic carbocycles. The molecule has 3 N–H and O–H groups in total. The summed E-state index contributed by atoms with van der Waals surface area (Å²) in [6.07, 6.45) is 1.41. The van der Waals surface area contributed by atoms with Gasteiger partial charge in [0, 0.05) is 25.8 Å². The molecule has 1 amide bonds. The number of aliphatic hydroxyl groups is 1. The number of nitrogens with one attached hydrogen (secondary N) is 2. The molecule has 1 aliphatic heterocycles. The Labute approximate surface area is 214 Å². The van der Waals surface area contributed by atoms with Crippen LogP contribution >= 0.6 is 23.2 Å². The summed E-state index contributed by atoms with van der Waals surface area (Å²) in [6, 6.07) is 10.2. The number of anilines is 1. The van der Waals surface area contributed by atoms with Gasteiger partial charge in [-0.25, -0.2) is 9.97 Å². The fourth-order valence-electron chi connectivity index (χ4n) is 3.75. The largest absolute Gasteiger partial charge is 0.462 e. The van der Waals surface area contributed by atoms with Crippen molar-refractivity contribution >= 4 is 46.0 Å². The zero-order chi connectivity index (χ0) is 25.2. The van der Waals surface area contributed by atoms with Crippen molar-refractivity contribution in [2.75, 3.05) is 25.0 Å². The van der Waals surface area contributed by atoms with Gasteiger partial charge in [-0.15, -0.1) is 0 Å². The van der Waals surface area contributed by atoms with Gasteiger partial charge in [0.25, 0.3) is 5.91 Å². The van der Waals surface area contributed by atoms with Gasteiger partial charge in [-0.1, -0.05) is 29.3 Å². The number of carbonyl (C=O) groups excluding carboxylic acids is 1. The van der Waals surface area contributed by atoms with Crippen LogP contribution in [-0.4, -0.2) is 72.9 Å². The van der Waals surface area contributed by atoms with E-state index in [-0.39, 0.29) is 28.8 Å². The van der Waals surface area contributed by atoms with Crippen LogP contribution in [-0.2, 0) is 4.79 Å². The molecule has 1 atom stereocenters. The third-order valence-corrected chi connectivity index (χ3v) is 6.06. The summed E-state index contributed by atoms with van der Waals surface area (Å²) in [5.41, 5.74) is 0.960. The first-order valence-electron chi connectivity index (χ1n) is 10.8. The number of ether oxygens (including phenoxy) is 1. The third kappa shape index (κ3) is 4.93. The molecule has 182 valence electrons. The number of carbonyl (C=O) groups is 1. The van der Waals surface area contributed by atoms with E-state index >= 15 is 0 Å². The summed E-state index contributed by atoms with van der Waals surface area (Å²) >= 11 is 12.3. The van der Waals surface area contributed by atoms with Crippen LogP contribution in [0.5, 0.6) is 5.88 Å². The second-order valence-electron chi connectivity index (χ2n) is 8.09. The third-order valence-electron chi connectivity index (χ3n) is 5.52. The van der Waals surface area contributed by atoms with E-state index in [9.17, 15) is 15.2 Å². The lowest BCUT2D eigenvalue weighted by Gasteiger charge is -2.37. The summed E-state index contributed by atoms with van der Waals surface area (Å²) in [6.45, 7) is 1.01. The number of pyridine rings is 1. The van der Waals surface area contributed by atoms with Crippen molar-refractivity contribution in [3.05, 3.63) is 58.3 Å². The highest BCUT2D eigenvalue weighted by molar-refractivity contribution is 6.33. The van der Waals surface area contributed by atoms with E-state index in [0.717, 1.165) is 0 Å². The summed E-state index contributed by atoms with van der Waals surface area (Å²) in [5, 5.41) is 29.9. The minimum absolute atomic E-state index is 0.0813. The molecule has 0 saturated carbocycles. The van der Waals surface area contributed by atoms with E-state index in [1.54, 1.807) is 30.3 Å². The van der Waals surface area contributed by atoms with Crippen LogP contribution in [0.1, 0.15) is 5.56 Å². The highest BCUT2D eigenvalue weighted by Gasteiger charge is 2.32. The van der Waals surface area contributed by atoms with Gasteiger partial charge in [-0.3, -0.25) is 14.8 Å². The van der Waals surface area contributed by atoms with Crippen molar-refractivity contribution in [3.63, 3.8) is 0 Å². The number of rotatable bonds is 7. The Morgan fingerprint density at radius 3 is 2.83 bits per heavy atom. The molecule has 36 heavy (non-hydrogen) atoms. The normalized spacial score (nSPS) is 14.7. The first-order valence-corrected chi connectivity index (χ1v) is 11.6. The number of likely N-dealkylation sites (tertiary alicyclic amines) is 1. The van der Waals surface area contributed by atoms with E-state index in [1.165, 1.54) is 12.4 Å². The van der Waals surface area contributed by atoms with Gasteiger partial charge in [-0.2, -0.15) is 15.3 Å². The molecular weight excluding hydrogens is 507 g/mol. The molecule has 0 spiro atoms. The summed E-state index contributed by atoms with van der Waals surface area (Å²) in [4.78, 5) is 28.1. The molecule has 4 heterocycles. The number of amides is 1. The van der Waals surface area contributed by atoms with Gasteiger partial charge < -0.3 is 15.2 Å². The molecule has 0 aliphatic carbocycles. The fourth-order valence-corrected chi connectivity index (χ4v) is 4.12. The first-order chi connectivity index (χ1) is 17.4. The number of benzene rings is 1. The minimum Gasteiger partial charge on any atom is -0.462 e. The van der Waals surface area contributed by atoms with Gasteiger partial charge >= 0.3 is 0 Å². The molecule has 1 aliphatic rings. The van der Waals surface area contributed by atoms with Gasteiger partial charge in [0.2, 0.25) is 5.88 Å². The maximum absolute atomic E-state index is 13.2. The molecule has 3 aromatic heterocycles. The van der Waals surface area contributed by atoms with Crippen molar-refractivity contribution in [2.24, 2.45) is 0 Å². The van der Waals surface area contributed by atoms with Crippen molar-refractivity contribution in [1.29, 1.82) is 5.26 Å². The van der Waals surface area contributed by atoms with Gasteiger partial charge in [0.1, 0.15) is 11.2 Å². The predicted molar refractivity (Wildman–Crippen MR) is 132 cm³/mol. The SMILES string of the molecule is N#Cc1cccc(Cl)c1-c1nc(O[C@@H](CN2CC(O)C2)C(=O)Nc2ccc(Cl)cn2)c2cn[nH]c2n1. The number of aliphatic hydroxyl groups excluding tert-OH is 1. The number of β-amino-alcohol motifs (C(OH)–C–C–N with tert-alkyl or cyclic N) is 1. The number of hydrogen-bond acceptors (Lipinski definition) is 9. The van der Waals surface area contributed by atoms with Crippen LogP contribution < -0.4 is 10.1 Å². The quantitative estimate of drug-likeness (QED) is 0.331. The number of aromatic nitrogens is 5. The second kappa shape index (κ2) is 10.0. The lowest BCUT2D eigenvalue weighted by Crippen LogP contribution is -2.55. The molecule has 0 unspecified atom stereocenters. The minimum atomic E-state index is -1.03. The highest BCUT2D eigenvalue weighted by Crippen LogP contribution is 2.32. The van der Waals surface area contributed by atoms with Crippen LogP contribution in [0.25, 0.3) is 22.4 Å². The molecular formula is C23H18Cl2N8O3. The molecule has 0 bridgehead atoms. The molecule has 1 saturated heterocycles. The molecule has 4 aromatic rings. The van der Waals surface area contributed by atoms with E-state index in [2.05, 4.69) is 36.5 Å². The van der Waals surface area contributed by atoms with Crippen molar-refractivity contribution in [1.82, 2.24) is 30.0 Å². The lowest BCUT2D eigenvalue weighted by atomic mass is 10.1. The van der Waals surface area contributed by atoms with Crippen LogP contribution in [0.4, 0.5) is 5.82 Å². The standard InChI is InChI=1S/C23H18Cl2N8O3/c24-13-4-5-18(27-7-13)29-22(35)17(11-33-9-14(34)10-33)36-23-15-8-28-32-20(15)30-21(31-23)19-12(6-26)2-1-3-16(19)25/h1-5,7-8,14,17,34H,9-11H2,(H,27,29,35)(H,28,30,31,32)/t17-/m0/s1. The average Bonchev–Trinajstić information content (AvgIpc) is 3.32. The summed E-state index contributed by atoms with van der Waals surface area (Å²) in [7, 11) is 0. The van der Waals surface area contributed by atoms with E-state index in [0.29, 0.717) is 40.5 Å². The Bertz CT molecular complexity index is 1460. The Morgan fingerprint density at radius 1 is 1.28 bits per heavy atom. The molecule has 11 nitrogen and oxygen atoms in total. The zero-order valence-corrected chi connectivity index (χ0v) is 20.0. The number of halogens is 2. The number of fused-ring (bicyclic) bond motifs is 1. The van der Waals surface area contributed by atoms with E-state index in [1.807, 2.05) is 4.90 Å². The predicted octanol–water partition coefficient (Wildman–Crippen LogP) is 2.66. The van der Waals surface area contributed by atoms with Crippen LogP contribution in [0.15, 0.2) is 42.7 Å². The van der Waals surface area contributed by atoms with Crippen LogP contribution in [0, 0.1) is 11.3 Å². The van der Waals surface area contributed by atoms with Crippen molar-refractivity contribution in [2.45, 2.75) is 12.2 Å². The van der Waals surface area contributed by atoms with Crippen molar-refractivity contribution < 1.29 is 14.6 Å². The number of hydrogen-bond donors (Lipinski definition) is 3.